The summed E-state index contributed by atoms with van der Waals surface area (Å²) in [5, 5.41) is 0.594. The molecule has 1 aromatic heterocycles. The van der Waals surface area contributed by atoms with E-state index in [4.69, 9.17) is 4.74 Å². The van der Waals surface area contributed by atoms with Gasteiger partial charge in [-0.3, -0.25) is 4.79 Å². The van der Waals surface area contributed by atoms with Crippen molar-refractivity contribution in [1.29, 1.82) is 0 Å². The Morgan fingerprint density at radius 1 is 1.30 bits per heavy atom. The van der Waals surface area contributed by atoms with Gasteiger partial charge in [-0.05, 0) is 19.1 Å². The monoisotopic (exact) mass is 275 g/mol. The van der Waals surface area contributed by atoms with Crippen molar-refractivity contribution in [2.45, 2.75) is 13.5 Å². The number of nitrogens with one attached hydrogen (secondary N) is 2. The maximum absolute atomic E-state index is 12.6. The molecule has 0 fully saturated rings. The first-order chi connectivity index (χ1) is 9.54. The fraction of sp³-hybridized carbons (Fsp3) is 0.333. The Labute approximate surface area is 117 Å². The number of quaternary nitrogens is 1. The van der Waals surface area contributed by atoms with Gasteiger partial charge >= 0.3 is 5.97 Å². The topological polar surface area (TPSA) is 63.6 Å². The summed E-state index contributed by atoms with van der Waals surface area (Å²) in [6.07, 6.45) is 0. The van der Waals surface area contributed by atoms with Gasteiger partial charge < -0.3 is 14.6 Å². The number of H-pyrrole nitrogens is 1. The summed E-state index contributed by atoms with van der Waals surface area (Å²) >= 11 is 0. The number of rotatable bonds is 4. The lowest BCUT2D eigenvalue weighted by Gasteiger charge is -2.12. The van der Waals surface area contributed by atoms with Gasteiger partial charge in [-0.1, -0.05) is 12.1 Å². The van der Waals surface area contributed by atoms with Crippen LogP contribution in [0.15, 0.2) is 29.1 Å². The molecular weight excluding hydrogens is 256 g/mol. The Balaban J connectivity index is 2.69. The number of hydrogen-bond acceptors (Lipinski definition) is 3. The molecule has 2 aromatic rings. The van der Waals surface area contributed by atoms with E-state index in [1.807, 2.05) is 26.2 Å². The minimum Gasteiger partial charge on any atom is -0.461 e. The van der Waals surface area contributed by atoms with Crippen molar-refractivity contribution < 1.29 is 14.4 Å². The normalized spacial score (nSPS) is 11.0. The quantitative estimate of drug-likeness (QED) is 0.791. The van der Waals surface area contributed by atoms with Crippen LogP contribution in [-0.2, 0) is 11.3 Å². The molecule has 1 heterocycles. The highest BCUT2D eigenvalue weighted by molar-refractivity contribution is 5.92. The molecule has 0 spiro atoms. The lowest BCUT2D eigenvalue weighted by atomic mass is 10.1. The highest BCUT2D eigenvalue weighted by Crippen LogP contribution is 2.12. The Morgan fingerprint density at radius 3 is 2.65 bits per heavy atom. The predicted octanol–water partition coefficient (Wildman–Crippen LogP) is 0.349. The summed E-state index contributed by atoms with van der Waals surface area (Å²) in [6, 6.07) is 7.18. The van der Waals surface area contributed by atoms with Crippen molar-refractivity contribution in [2.75, 3.05) is 20.7 Å². The molecular formula is C15H19N2O3+. The molecule has 0 amide bonds. The number of carbonyl (C=O) groups is 1. The zero-order valence-corrected chi connectivity index (χ0v) is 11.9. The smallest absolute Gasteiger partial charge is 0.355 e. The number of carbonyl (C=O) groups excluding carboxylic acids is 1. The predicted molar refractivity (Wildman–Crippen MR) is 77.0 cm³/mol. The zero-order chi connectivity index (χ0) is 14.7. The molecule has 0 saturated carbocycles. The molecule has 5 nitrogen and oxygen atoms in total. The van der Waals surface area contributed by atoms with Gasteiger partial charge in [0.2, 0.25) is 0 Å². The van der Waals surface area contributed by atoms with Gasteiger partial charge in [-0.15, -0.1) is 0 Å². The summed E-state index contributed by atoms with van der Waals surface area (Å²) in [4.78, 5) is 28.7. The van der Waals surface area contributed by atoms with Gasteiger partial charge in [-0.25, -0.2) is 4.79 Å². The highest BCUT2D eigenvalue weighted by atomic mass is 16.5. The molecule has 0 aliphatic heterocycles. The van der Waals surface area contributed by atoms with Crippen LogP contribution >= 0.6 is 0 Å². The Hall–Kier alpha value is -2.14. The second kappa shape index (κ2) is 5.88. The summed E-state index contributed by atoms with van der Waals surface area (Å²) in [5.41, 5.74) is 1.28. The van der Waals surface area contributed by atoms with E-state index in [1.54, 1.807) is 19.1 Å². The minimum atomic E-state index is -0.480. The second-order valence-electron chi connectivity index (χ2n) is 4.96. The zero-order valence-electron chi connectivity index (χ0n) is 11.9. The molecule has 0 aliphatic rings. The Bertz CT molecular complexity index is 689. The fourth-order valence-corrected chi connectivity index (χ4v) is 2.18. The molecule has 0 saturated heterocycles. The van der Waals surface area contributed by atoms with Gasteiger partial charge in [0.15, 0.2) is 5.43 Å². The van der Waals surface area contributed by atoms with Crippen LogP contribution in [0.3, 0.4) is 0 Å². The van der Waals surface area contributed by atoms with E-state index in [2.05, 4.69) is 4.98 Å². The molecule has 0 atom stereocenters. The number of fused-ring (bicyclic) bond motifs is 1. The fourth-order valence-electron chi connectivity index (χ4n) is 2.18. The van der Waals surface area contributed by atoms with Gasteiger partial charge in [-0.2, -0.15) is 0 Å². The van der Waals surface area contributed by atoms with Crippen LogP contribution in [0.25, 0.3) is 10.9 Å². The van der Waals surface area contributed by atoms with E-state index in [0.29, 0.717) is 23.0 Å². The highest BCUT2D eigenvalue weighted by Gasteiger charge is 2.20. The third-order valence-corrected chi connectivity index (χ3v) is 3.02. The maximum atomic E-state index is 12.6. The van der Waals surface area contributed by atoms with Gasteiger partial charge in [0.1, 0.15) is 12.2 Å². The van der Waals surface area contributed by atoms with Crippen LogP contribution in [0.1, 0.15) is 23.0 Å². The summed E-state index contributed by atoms with van der Waals surface area (Å²) in [7, 11) is 3.87. The largest absolute Gasteiger partial charge is 0.461 e. The standard InChI is InChI=1S/C15H18N2O3/c1-4-20-15(19)13-11(9-17(2)3)14(18)10-7-5-6-8-12(10)16-13/h5-8H,4,9H2,1-3H3,(H,16,18)/p+1. The van der Waals surface area contributed by atoms with Crippen LogP contribution < -0.4 is 10.3 Å². The first-order valence-corrected chi connectivity index (χ1v) is 6.64. The van der Waals surface area contributed by atoms with E-state index in [-0.39, 0.29) is 17.7 Å². The van der Waals surface area contributed by atoms with Crippen molar-refractivity contribution in [1.82, 2.24) is 4.98 Å². The average Bonchev–Trinajstić information content (AvgIpc) is 2.41. The van der Waals surface area contributed by atoms with E-state index in [9.17, 15) is 9.59 Å². The second-order valence-corrected chi connectivity index (χ2v) is 4.96. The number of benzene rings is 1. The summed E-state index contributed by atoms with van der Waals surface area (Å²) in [5.74, 6) is -0.480. The molecule has 0 aliphatic carbocycles. The lowest BCUT2D eigenvalue weighted by Crippen LogP contribution is -3.04. The van der Waals surface area contributed by atoms with Crippen molar-refractivity contribution >= 4 is 16.9 Å². The van der Waals surface area contributed by atoms with Crippen molar-refractivity contribution in [3.05, 3.63) is 45.7 Å². The molecule has 20 heavy (non-hydrogen) atoms. The number of ether oxygens (including phenoxy) is 1. The van der Waals surface area contributed by atoms with E-state index >= 15 is 0 Å². The first kappa shape index (κ1) is 14.3. The van der Waals surface area contributed by atoms with Gasteiger partial charge in [0, 0.05) is 10.9 Å². The number of para-hydroxylation sites is 1. The van der Waals surface area contributed by atoms with Crippen LogP contribution in [0.5, 0.6) is 0 Å². The summed E-state index contributed by atoms with van der Waals surface area (Å²) < 4.78 is 5.04. The van der Waals surface area contributed by atoms with Crippen LogP contribution in [0.2, 0.25) is 0 Å². The SMILES string of the molecule is CCOC(=O)c1[nH]c2ccccc2c(=O)c1C[NH+](C)C. The average molecular weight is 275 g/mol. The number of hydrogen-bond donors (Lipinski definition) is 2. The van der Waals surface area contributed by atoms with Crippen LogP contribution in [0.4, 0.5) is 0 Å². The third kappa shape index (κ3) is 2.72. The Kier molecular flexibility index (Phi) is 4.20. The molecule has 0 bridgehead atoms. The molecule has 2 N–H and O–H groups in total. The van der Waals surface area contributed by atoms with Crippen LogP contribution in [-0.4, -0.2) is 31.7 Å². The lowest BCUT2D eigenvalue weighted by molar-refractivity contribution is -0.872. The molecule has 5 heteroatoms. The van der Waals surface area contributed by atoms with Crippen molar-refractivity contribution in [3.63, 3.8) is 0 Å². The van der Waals surface area contributed by atoms with E-state index in [1.165, 1.54) is 0 Å². The van der Waals surface area contributed by atoms with Gasteiger partial charge in [0.25, 0.3) is 0 Å². The summed E-state index contributed by atoms with van der Waals surface area (Å²) in [6.45, 7) is 2.49. The van der Waals surface area contributed by atoms with Crippen molar-refractivity contribution in [3.8, 4) is 0 Å². The first-order valence-electron chi connectivity index (χ1n) is 6.64. The number of esters is 1. The van der Waals surface area contributed by atoms with E-state index in [0.717, 1.165) is 4.90 Å². The molecule has 0 radical (unpaired) electrons. The van der Waals surface area contributed by atoms with Gasteiger partial charge in [0.05, 0.1) is 26.3 Å². The third-order valence-electron chi connectivity index (χ3n) is 3.02. The number of pyridine rings is 1. The number of aromatic amines is 1. The molecule has 106 valence electrons. The van der Waals surface area contributed by atoms with Crippen LogP contribution in [0, 0.1) is 0 Å². The Morgan fingerprint density at radius 2 is 2.00 bits per heavy atom. The van der Waals surface area contributed by atoms with E-state index < -0.39 is 5.97 Å². The molecule has 1 aromatic carbocycles. The molecule has 2 rings (SSSR count). The maximum Gasteiger partial charge on any atom is 0.355 e. The van der Waals surface area contributed by atoms with Crippen molar-refractivity contribution in [2.24, 2.45) is 0 Å². The number of aromatic nitrogens is 1. The molecule has 0 unspecified atom stereocenters. The minimum absolute atomic E-state index is 0.108.